The van der Waals surface area contributed by atoms with Crippen LogP contribution in [0.25, 0.3) is 0 Å². The zero-order chi connectivity index (χ0) is 9.14. The van der Waals surface area contributed by atoms with Gasteiger partial charge in [0.15, 0.2) is 0 Å². The molecule has 73 valence electrons. The van der Waals surface area contributed by atoms with Crippen molar-refractivity contribution in [3.05, 3.63) is 39.9 Å². The maximum Gasteiger partial charge on any atom is 0.335 e. The van der Waals surface area contributed by atoms with Crippen LogP contribution >= 0.6 is 0 Å². The number of nitro benzene ring substituents is 1. The van der Waals surface area contributed by atoms with Crippen molar-refractivity contribution in [1.82, 2.24) is 0 Å². The number of aromatic carboxylic acids is 1. The molecule has 0 amide bonds. The molecule has 0 saturated heterocycles. The first-order valence-corrected chi connectivity index (χ1v) is 3.09. The van der Waals surface area contributed by atoms with Crippen molar-refractivity contribution < 1.29 is 31.9 Å². The predicted octanol–water partition coefficient (Wildman–Crippen LogP) is 1.29. The van der Waals surface area contributed by atoms with Crippen LogP contribution in [0.3, 0.4) is 0 Å². The van der Waals surface area contributed by atoms with E-state index in [9.17, 15) is 14.9 Å². The Morgan fingerprint density at radius 3 is 2.08 bits per heavy atom. The summed E-state index contributed by atoms with van der Waals surface area (Å²) in [5.41, 5.74) is -0.0689. The third-order valence-corrected chi connectivity index (χ3v) is 1.33. The van der Waals surface area contributed by atoms with E-state index in [1.165, 1.54) is 12.1 Å². The van der Waals surface area contributed by atoms with Crippen molar-refractivity contribution in [1.29, 1.82) is 0 Å². The molecule has 1 radical (unpaired) electrons. The Morgan fingerprint density at radius 1 is 1.31 bits per heavy atom. The summed E-state index contributed by atoms with van der Waals surface area (Å²) in [6.45, 7) is 0. The average Bonchev–Trinajstić information content (AvgIpc) is 2.04. The maximum atomic E-state index is 10.3. The summed E-state index contributed by atoms with van der Waals surface area (Å²) in [4.78, 5) is 19.9. The SMILES string of the molecule is O=C(O)c1ccc([N+](=O)[O-])cc1.[Cu]. The normalized spacial score (nSPS) is 8.62. The number of carboxylic acids is 1. The Bertz CT molecular complexity index is 289. The number of nitrogens with zero attached hydrogens (tertiary/aromatic N) is 1. The molecule has 0 spiro atoms. The fourth-order valence-corrected chi connectivity index (χ4v) is 0.726. The van der Waals surface area contributed by atoms with Crippen LogP contribution in [0.15, 0.2) is 24.3 Å². The third kappa shape index (κ3) is 2.85. The van der Waals surface area contributed by atoms with Crippen molar-refractivity contribution in [3.63, 3.8) is 0 Å². The minimum atomic E-state index is -1.09. The number of carboxylic acid groups (broad SMARTS) is 1. The molecule has 1 N–H and O–H groups in total. The van der Waals surface area contributed by atoms with E-state index in [0.29, 0.717) is 0 Å². The summed E-state index contributed by atoms with van der Waals surface area (Å²) < 4.78 is 0. The predicted molar refractivity (Wildman–Crippen MR) is 40.1 cm³/mol. The topological polar surface area (TPSA) is 80.4 Å². The number of rotatable bonds is 2. The Balaban J connectivity index is 0.00000144. The first-order chi connectivity index (χ1) is 5.61. The van der Waals surface area contributed by atoms with Gasteiger partial charge in [-0.25, -0.2) is 4.79 Å². The van der Waals surface area contributed by atoms with Gasteiger partial charge in [0.2, 0.25) is 0 Å². The zero-order valence-corrected chi connectivity index (χ0v) is 7.17. The smallest absolute Gasteiger partial charge is 0.335 e. The first kappa shape index (κ1) is 11.6. The Kier molecular flexibility index (Phi) is 4.10. The van der Waals surface area contributed by atoms with Gasteiger partial charge < -0.3 is 5.11 Å². The van der Waals surface area contributed by atoms with Crippen LogP contribution in [0.5, 0.6) is 0 Å². The van der Waals surface area contributed by atoms with Gasteiger partial charge in [0.1, 0.15) is 0 Å². The van der Waals surface area contributed by atoms with Gasteiger partial charge in [-0.3, -0.25) is 10.1 Å². The van der Waals surface area contributed by atoms with Crippen LogP contribution in [0.4, 0.5) is 5.69 Å². The largest absolute Gasteiger partial charge is 0.478 e. The molecule has 0 aliphatic heterocycles. The number of carbonyl (C=O) groups is 1. The van der Waals surface area contributed by atoms with Crippen molar-refractivity contribution >= 4 is 11.7 Å². The van der Waals surface area contributed by atoms with Crippen molar-refractivity contribution in [2.75, 3.05) is 0 Å². The molecule has 0 aliphatic carbocycles. The van der Waals surface area contributed by atoms with E-state index < -0.39 is 10.9 Å². The van der Waals surface area contributed by atoms with Gasteiger partial charge in [0.25, 0.3) is 5.69 Å². The molecular weight excluding hydrogens is 226 g/mol. The van der Waals surface area contributed by atoms with Gasteiger partial charge in [-0.1, -0.05) is 0 Å². The monoisotopic (exact) mass is 230 g/mol. The molecule has 0 atom stereocenters. The summed E-state index contributed by atoms with van der Waals surface area (Å²) in [5.74, 6) is -1.09. The van der Waals surface area contributed by atoms with Gasteiger partial charge >= 0.3 is 5.97 Å². The van der Waals surface area contributed by atoms with E-state index in [-0.39, 0.29) is 28.3 Å². The van der Waals surface area contributed by atoms with Crippen LogP contribution in [0.2, 0.25) is 0 Å². The zero-order valence-electron chi connectivity index (χ0n) is 6.23. The summed E-state index contributed by atoms with van der Waals surface area (Å²) in [6, 6.07) is 4.70. The molecule has 0 aliphatic rings. The van der Waals surface area contributed by atoms with Gasteiger partial charge in [-0.15, -0.1) is 0 Å². The van der Waals surface area contributed by atoms with E-state index in [1.54, 1.807) is 0 Å². The number of nitro groups is 1. The van der Waals surface area contributed by atoms with E-state index in [0.717, 1.165) is 12.1 Å². The van der Waals surface area contributed by atoms with Gasteiger partial charge in [0.05, 0.1) is 10.5 Å². The first-order valence-electron chi connectivity index (χ1n) is 3.09. The molecule has 0 unspecified atom stereocenters. The number of benzene rings is 1. The fourth-order valence-electron chi connectivity index (χ4n) is 0.726. The van der Waals surface area contributed by atoms with Crippen LogP contribution in [-0.4, -0.2) is 16.0 Å². The van der Waals surface area contributed by atoms with Crippen molar-refractivity contribution in [2.24, 2.45) is 0 Å². The molecule has 0 bridgehead atoms. The van der Waals surface area contributed by atoms with Crippen LogP contribution in [0.1, 0.15) is 10.4 Å². The van der Waals surface area contributed by atoms with E-state index in [4.69, 9.17) is 5.11 Å². The molecular formula is C7H5CuNO4. The fraction of sp³-hybridized carbons (Fsp3) is 0. The average molecular weight is 231 g/mol. The Labute approximate surface area is 84.0 Å². The third-order valence-electron chi connectivity index (χ3n) is 1.33. The van der Waals surface area contributed by atoms with Gasteiger partial charge in [-0.2, -0.15) is 0 Å². The van der Waals surface area contributed by atoms with E-state index in [1.807, 2.05) is 0 Å². The second-order valence-electron chi connectivity index (χ2n) is 2.11. The molecule has 1 rings (SSSR count). The maximum absolute atomic E-state index is 10.3. The van der Waals surface area contributed by atoms with Crippen LogP contribution < -0.4 is 0 Å². The molecule has 1 aromatic carbocycles. The molecule has 13 heavy (non-hydrogen) atoms. The van der Waals surface area contributed by atoms with Crippen molar-refractivity contribution in [2.45, 2.75) is 0 Å². The summed E-state index contributed by atoms with van der Waals surface area (Å²) >= 11 is 0. The molecule has 1 aromatic rings. The Morgan fingerprint density at radius 2 is 1.77 bits per heavy atom. The van der Waals surface area contributed by atoms with Crippen LogP contribution in [0, 0.1) is 10.1 Å². The molecule has 0 fully saturated rings. The minimum absolute atomic E-state index is 0. The van der Waals surface area contributed by atoms with Gasteiger partial charge in [-0.05, 0) is 12.1 Å². The number of hydrogen-bond acceptors (Lipinski definition) is 3. The quantitative estimate of drug-likeness (QED) is 0.472. The molecule has 6 heteroatoms. The second-order valence-corrected chi connectivity index (χ2v) is 2.11. The molecule has 0 saturated carbocycles. The van der Waals surface area contributed by atoms with Crippen molar-refractivity contribution in [3.8, 4) is 0 Å². The molecule has 0 aromatic heterocycles. The summed E-state index contributed by atoms with van der Waals surface area (Å²) in [7, 11) is 0. The Hall–Kier alpha value is -1.39. The molecule has 5 nitrogen and oxygen atoms in total. The minimum Gasteiger partial charge on any atom is -0.478 e. The van der Waals surface area contributed by atoms with E-state index >= 15 is 0 Å². The standard InChI is InChI=1S/C7H5NO4.Cu/c9-7(10)5-1-3-6(4-2-5)8(11)12;/h1-4H,(H,9,10);. The summed E-state index contributed by atoms with van der Waals surface area (Å²) in [6.07, 6.45) is 0. The second kappa shape index (κ2) is 4.59. The molecule has 0 heterocycles. The van der Waals surface area contributed by atoms with Gasteiger partial charge in [0, 0.05) is 29.2 Å². The van der Waals surface area contributed by atoms with E-state index in [2.05, 4.69) is 0 Å². The number of non-ortho nitro benzene ring substituents is 1. The summed E-state index contributed by atoms with van der Waals surface area (Å²) in [5, 5.41) is 18.6. The van der Waals surface area contributed by atoms with Crippen LogP contribution in [-0.2, 0) is 17.1 Å². The number of hydrogen-bond donors (Lipinski definition) is 1.